The summed E-state index contributed by atoms with van der Waals surface area (Å²) in [4.78, 5) is 23.4. The number of carbonyl (C=O) groups excluding carboxylic acids is 1. The maximum absolute atomic E-state index is 15.3. The Morgan fingerprint density at radius 1 is 1.15 bits per heavy atom. The average Bonchev–Trinajstić information content (AvgIpc) is 3.72. The van der Waals surface area contributed by atoms with Crippen LogP contribution in [0.1, 0.15) is 25.7 Å². The first kappa shape index (κ1) is 26.6. The predicted octanol–water partition coefficient (Wildman–Crippen LogP) is 5.62. The number of rotatable bonds is 9. The van der Waals surface area contributed by atoms with Crippen molar-refractivity contribution in [1.82, 2.24) is 29.4 Å². The van der Waals surface area contributed by atoms with Crippen molar-refractivity contribution in [3.05, 3.63) is 48.8 Å². The van der Waals surface area contributed by atoms with Crippen LogP contribution >= 0.6 is 0 Å². The number of anilines is 1. The van der Waals surface area contributed by atoms with Crippen LogP contribution in [0.4, 0.5) is 15.0 Å². The molecule has 1 saturated heterocycles. The summed E-state index contributed by atoms with van der Waals surface area (Å²) < 4.78 is 29.7. The minimum Gasteiger partial charge on any atom is -0.447 e. The number of amides is 1. The molecule has 0 unspecified atom stereocenters. The van der Waals surface area contributed by atoms with E-state index >= 15 is 4.39 Å². The van der Waals surface area contributed by atoms with Gasteiger partial charge in [0.1, 0.15) is 31.3 Å². The van der Waals surface area contributed by atoms with Crippen molar-refractivity contribution in [3.8, 4) is 22.5 Å². The number of fused-ring (bicyclic) bond motifs is 1. The van der Waals surface area contributed by atoms with Gasteiger partial charge in [-0.1, -0.05) is 38.5 Å². The number of halogens is 1. The SMILES string of the molecule is C[Si](C)(C)CCOCn1cnc(-c2ccc(-c3cnn4ccc(N5C(=O)OC[C@@H]5C5CCCC5)nc34)cc2F)n1. The average molecular weight is 564 g/mol. The normalized spacial score (nSPS) is 18.2. The van der Waals surface area contributed by atoms with E-state index in [1.807, 2.05) is 0 Å². The van der Waals surface area contributed by atoms with Crippen molar-refractivity contribution in [3.63, 3.8) is 0 Å². The van der Waals surface area contributed by atoms with Gasteiger partial charge in [0.2, 0.25) is 0 Å². The van der Waals surface area contributed by atoms with Gasteiger partial charge in [-0.25, -0.2) is 28.4 Å². The predicted molar refractivity (Wildman–Crippen MR) is 151 cm³/mol. The van der Waals surface area contributed by atoms with E-state index in [1.165, 1.54) is 18.9 Å². The van der Waals surface area contributed by atoms with Crippen LogP contribution in [-0.2, 0) is 16.2 Å². The number of aromatic nitrogens is 6. The zero-order chi connectivity index (χ0) is 27.9. The molecule has 40 heavy (non-hydrogen) atoms. The lowest BCUT2D eigenvalue weighted by Gasteiger charge is -2.25. The van der Waals surface area contributed by atoms with Gasteiger partial charge in [-0.05, 0) is 48.6 Å². The zero-order valence-electron chi connectivity index (χ0n) is 23.1. The van der Waals surface area contributed by atoms with Crippen molar-refractivity contribution in [2.24, 2.45) is 5.92 Å². The molecular formula is C28H34FN7O3Si. The molecule has 2 aliphatic rings. The Morgan fingerprint density at radius 2 is 1.98 bits per heavy atom. The molecule has 0 bridgehead atoms. The summed E-state index contributed by atoms with van der Waals surface area (Å²) in [7, 11) is -1.17. The van der Waals surface area contributed by atoms with Crippen molar-refractivity contribution in [2.75, 3.05) is 18.1 Å². The fourth-order valence-corrected chi connectivity index (χ4v) is 6.22. The number of benzene rings is 1. The molecule has 4 aromatic rings. The van der Waals surface area contributed by atoms with Crippen molar-refractivity contribution in [1.29, 1.82) is 0 Å². The van der Waals surface area contributed by atoms with Gasteiger partial charge in [-0.15, -0.1) is 5.10 Å². The first-order chi connectivity index (χ1) is 19.3. The van der Waals surface area contributed by atoms with Gasteiger partial charge in [0.25, 0.3) is 0 Å². The van der Waals surface area contributed by atoms with Crippen LogP contribution in [0.3, 0.4) is 0 Å². The summed E-state index contributed by atoms with van der Waals surface area (Å²) in [5.74, 6) is 0.773. The topological polar surface area (TPSA) is 99.7 Å². The third-order valence-corrected chi connectivity index (χ3v) is 9.43. The highest BCUT2D eigenvalue weighted by molar-refractivity contribution is 6.76. The largest absolute Gasteiger partial charge is 0.447 e. The third-order valence-electron chi connectivity index (χ3n) is 7.73. The minimum atomic E-state index is -1.17. The fourth-order valence-electron chi connectivity index (χ4n) is 5.47. The monoisotopic (exact) mass is 563 g/mol. The third kappa shape index (κ3) is 5.37. The van der Waals surface area contributed by atoms with Crippen LogP contribution in [0.15, 0.2) is 43.0 Å². The molecule has 0 N–H and O–H groups in total. The molecule has 1 amide bonds. The van der Waals surface area contributed by atoms with E-state index in [1.54, 1.807) is 51.0 Å². The second-order valence-electron chi connectivity index (χ2n) is 11.8. The fraction of sp³-hybridized carbons (Fsp3) is 0.464. The van der Waals surface area contributed by atoms with Gasteiger partial charge < -0.3 is 9.47 Å². The summed E-state index contributed by atoms with van der Waals surface area (Å²) in [6.45, 7) is 8.23. The maximum atomic E-state index is 15.3. The Kier molecular flexibility index (Phi) is 7.13. The smallest absolute Gasteiger partial charge is 0.415 e. The van der Waals surface area contributed by atoms with E-state index in [0.29, 0.717) is 53.1 Å². The molecule has 10 nitrogen and oxygen atoms in total. The highest BCUT2D eigenvalue weighted by atomic mass is 28.3. The number of hydrogen-bond acceptors (Lipinski definition) is 7. The van der Waals surface area contributed by atoms with Crippen LogP contribution in [0.5, 0.6) is 0 Å². The highest BCUT2D eigenvalue weighted by Gasteiger charge is 2.41. The Hall–Kier alpha value is -3.64. The van der Waals surface area contributed by atoms with Gasteiger partial charge in [-0.2, -0.15) is 5.10 Å². The van der Waals surface area contributed by atoms with Crippen molar-refractivity contribution < 1.29 is 18.7 Å². The van der Waals surface area contributed by atoms with E-state index in [-0.39, 0.29) is 18.9 Å². The summed E-state index contributed by atoms with van der Waals surface area (Å²) in [6, 6.07) is 7.73. The molecule has 0 radical (unpaired) electrons. The van der Waals surface area contributed by atoms with Gasteiger partial charge in [0, 0.05) is 26.4 Å². The van der Waals surface area contributed by atoms with E-state index in [0.717, 1.165) is 18.9 Å². The number of hydrogen-bond donors (Lipinski definition) is 0. The highest BCUT2D eigenvalue weighted by Crippen LogP contribution is 2.36. The van der Waals surface area contributed by atoms with Crippen LogP contribution in [0.2, 0.25) is 25.7 Å². The first-order valence-corrected chi connectivity index (χ1v) is 17.6. The minimum absolute atomic E-state index is 0.0221. The molecule has 210 valence electrons. The van der Waals surface area contributed by atoms with Gasteiger partial charge in [0.15, 0.2) is 11.5 Å². The quantitative estimate of drug-likeness (QED) is 0.192. The lowest BCUT2D eigenvalue weighted by molar-refractivity contribution is 0.0784. The molecule has 3 aromatic heterocycles. The standard InChI is InChI=1S/C28H34FN7O3Si/c1-40(2,3)13-12-38-18-34-17-30-26(33-34)21-9-8-20(14-23(21)29)22-15-31-35-11-10-25(32-27(22)35)36-24(16-39-28(36)37)19-6-4-5-7-19/h8-11,14-15,17,19,24H,4-7,12-13,16,18H2,1-3H3/t24-/m1/s1. The number of carbonyl (C=O) groups is 1. The second-order valence-corrected chi connectivity index (χ2v) is 17.4. The molecule has 6 rings (SSSR count). The van der Waals surface area contributed by atoms with Crippen LogP contribution in [-0.4, -0.2) is 62.8 Å². The van der Waals surface area contributed by atoms with E-state index in [9.17, 15) is 4.79 Å². The zero-order valence-corrected chi connectivity index (χ0v) is 24.1. The number of cyclic esters (lactones) is 1. The second kappa shape index (κ2) is 10.7. The van der Waals surface area contributed by atoms with Crippen LogP contribution in [0.25, 0.3) is 28.2 Å². The van der Waals surface area contributed by atoms with Gasteiger partial charge >= 0.3 is 6.09 Å². The lowest BCUT2D eigenvalue weighted by atomic mass is 9.98. The summed E-state index contributed by atoms with van der Waals surface area (Å²) >= 11 is 0. The Bertz CT molecular complexity index is 1530. The van der Waals surface area contributed by atoms with Gasteiger partial charge in [-0.3, -0.25) is 4.90 Å². The van der Waals surface area contributed by atoms with Crippen molar-refractivity contribution in [2.45, 2.75) is 64.1 Å². The maximum Gasteiger partial charge on any atom is 0.415 e. The summed E-state index contributed by atoms with van der Waals surface area (Å²) in [5, 5.41) is 8.79. The molecule has 1 atom stereocenters. The first-order valence-electron chi connectivity index (χ1n) is 13.8. The summed E-state index contributed by atoms with van der Waals surface area (Å²) in [6.07, 6.45) is 9.12. The molecule has 1 aliphatic heterocycles. The number of nitrogens with zero attached hydrogens (tertiary/aromatic N) is 7. The summed E-state index contributed by atoms with van der Waals surface area (Å²) in [5.41, 5.74) is 2.11. The molecule has 12 heteroatoms. The Morgan fingerprint density at radius 3 is 2.75 bits per heavy atom. The van der Waals surface area contributed by atoms with Gasteiger partial charge in [0.05, 0.1) is 17.8 Å². The Labute approximate surface area is 233 Å². The molecule has 0 spiro atoms. The molecule has 4 heterocycles. The molecular weight excluding hydrogens is 529 g/mol. The van der Waals surface area contributed by atoms with Crippen LogP contribution < -0.4 is 4.90 Å². The lowest BCUT2D eigenvalue weighted by Crippen LogP contribution is -2.38. The van der Waals surface area contributed by atoms with E-state index < -0.39 is 13.9 Å². The molecule has 1 aromatic carbocycles. The van der Waals surface area contributed by atoms with Crippen LogP contribution in [0, 0.1) is 11.7 Å². The number of ether oxygens (including phenoxy) is 2. The molecule has 1 saturated carbocycles. The van der Waals surface area contributed by atoms with E-state index in [4.69, 9.17) is 14.5 Å². The Balaban J connectivity index is 1.22. The molecule has 1 aliphatic carbocycles. The molecule has 2 fully saturated rings. The van der Waals surface area contributed by atoms with E-state index in [2.05, 4.69) is 34.8 Å². The van der Waals surface area contributed by atoms with Crippen molar-refractivity contribution >= 4 is 25.6 Å².